The average molecular weight is 259 g/mol. The van der Waals surface area contributed by atoms with Crippen molar-refractivity contribution in [1.29, 1.82) is 0 Å². The molecule has 0 unspecified atom stereocenters. The SMILES string of the molecule is [2H]N1CC[C@H](c2ccc(Br)cc2)[C@@H](F)C1. The van der Waals surface area contributed by atoms with Crippen LogP contribution in [-0.4, -0.2) is 19.3 Å². The molecule has 1 fully saturated rings. The van der Waals surface area contributed by atoms with E-state index in [1.54, 1.807) is 0 Å². The highest BCUT2D eigenvalue weighted by Gasteiger charge is 2.25. The Balaban J connectivity index is 2.13. The van der Waals surface area contributed by atoms with E-state index in [4.69, 9.17) is 1.41 Å². The first-order valence-electron chi connectivity index (χ1n) is 5.25. The quantitative estimate of drug-likeness (QED) is 0.817. The van der Waals surface area contributed by atoms with Gasteiger partial charge in [-0.15, -0.1) is 0 Å². The lowest BCUT2D eigenvalue weighted by Crippen LogP contribution is -2.36. The van der Waals surface area contributed by atoms with Crippen LogP contribution in [0.2, 0.25) is 1.41 Å². The summed E-state index contributed by atoms with van der Waals surface area (Å²) in [7, 11) is 0. The normalized spacial score (nSPS) is 30.0. The van der Waals surface area contributed by atoms with E-state index < -0.39 is 6.17 Å². The summed E-state index contributed by atoms with van der Waals surface area (Å²) in [4.78, 5) is 0. The Bertz CT molecular complexity index is 330. The molecular weight excluding hydrogens is 245 g/mol. The standard InChI is InChI=1S/C11H13BrFN/c12-9-3-1-8(2-4-9)10-5-6-14-7-11(10)13/h1-4,10-11,14H,5-7H2/t10-,11+/m1/s1/i/hD. The minimum atomic E-state index is -0.919. The molecule has 14 heavy (non-hydrogen) atoms. The molecule has 0 radical (unpaired) electrons. The monoisotopic (exact) mass is 258 g/mol. The van der Waals surface area contributed by atoms with Crippen LogP contribution in [0.25, 0.3) is 0 Å². The predicted molar refractivity (Wildman–Crippen MR) is 59.3 cm³/mol. The molecule has 3 heteroatoms. The first-order valence-corrected chi connectivity index (χ1v) is 5.59. The van der Waals surface area contributed by atoms with Gasteiger partial charge in [0.25, 0.3) is 0 Å². The number of rotatable bonds is 1. The van der Waals surface area contributed by atoms with Crippen molar-refractivity contribution in [3.8, 4) is 0 Å². The number of nitrogens with one attached hydrogen (secondary N) is 1. The summed E-state index contributed by atoms with van der Waals surface area (Å²) in [6, 6.07) is 7.80. The van der Waals surface area contributed by atoms with Crippen LogP contribution in [0.1, 0.15) is 17.9 Å². The summed E-state index contributed by atoms with van der Waals surface area (Å²) in [6.45, 7) is 0.877. The number of hydrogen-bond acceptors (Lipinski definition) is 1. The number of alkyl halides is 1. The van der Waals surface area contributed by atoms with E-state index in [9.17, 15) is 4.39 Å². The molecule has 1 aromatic rings. The summed E-state index contributed by atoms with van der Waals surface area (Å²) in [5.74, 6) is -0.0419. The number of hydrogen-bond donors (Lipinski definition) is 1. The Morgan fingerprint density at radius 2 is 2.14 bits per heavy atom. The number of halogens is 2. The van der Waals surface area contributed by atoms with Crippen molar-refractivity contribution in [2.75, 3.05) is 13.1 Å². The zero-order chi connectivity index (χ0) is 10.8. The lowest BCUT2D eigenvalue weighted by Gasteiger charge is -2.26. The Hall–Kier alpha value is -0.410. The Morgan fingerprint density at radius 3 is 2.79 bits per heavy atom. The van der Waals surface area contributed by atoms with Gasteiger partial charge in [0.15, 0.2) is 0 Å². The molecule has 0 aliphatic carbocycles. The third-order valence-electron chi connectivity index (χ3n) is 2.64. The lowest BCUT2D eigenvalue weighted by atomic mass is 9.89. The third kappa shape index (κ3) is 2.15. The highest BCUT2D eigenvalue weighted by atomic mass is 79.9. The van der Waals surface area contributed by atoms with Crippen molar-refractivity contribution < 1.29 is 5.80 Å². The fourth-order valence-corrected chi connectivity index (χ4v) is 2.10. The minimum Gasteiger partial charge on any atom is -0.314 e. The Labute approximate surface area is 93.3 Å². The molecule has 0 bridgehead atoms. The van der Waals surface area contributed by atoms with E-state index in [0.717, 1.165) is 16.5 Å². The fraction of sp³-hybridized carbons (Fsp3) is 0.455. The van der Waals surface area contributed by atoms with Crippen LogP contribution in [0.3, 0.4) is 0 Å². The maximum atomic E-state index is 13.7. The van der Waals surface area contributed by atoms with Crippen LogP contribution in [0, 0.1) is 0 Å². The third-order valence-corrected chi connectivity index (χ3v) is 3.17. The van der Waals surface area contributed by atoms with Gasteiger partial charge in [0, 0.05) is 16.9 Å². The second-order valence-electron chi connectivity index (χ2n) is 3.59. The fourth-order valence-electron chi connectivity index (χ4n) is 1.84. The van der Waals surface area contributed by atoms with Gasteiger partial charge in [-0.05, 0) is 30.7 Å². The van der Waals surface area contributed by atoms with Crippen molar-refractivity contribution in [3.05, 3.63) is 34.3 Å². The Kier molecular flexibility index (Phi) is 2.79. The summed E-state index contributed by atoms with van der Waals surface area (Å²) in [5, 5.41) is 1.31. The lowest BCUT2D eigenvalue weighted by molar-refractivity contribution is 0.231. The molecule has 2 atom stereocenters. The van der Waals surface area contributed by atoms with Crippen LogP contribution in [-0.2, 0) is 0 Å². The average Bonchev–Trinajstić information content (AvgIpc) is 2.20. The first-order chi connectivity index (χ1) is 7.16. The molecule has 2 rings (SSSR count). The van der Waals surface area contributed by atoms with Gasteiger partial charge in [-0.3, -0.25) is 0 Å². The van der Waals surface area contributed by atoms with Gasteiger partial charge < -0.3 is 5.31 Å². The summed E-state index contributed by atoms with van der Waals surface area (Å²) in [6.07, 6.45) is -0.191. The van der Waals surface area contributed by atoms with Gasteiger partial charge in [-0.1, -0.05) is 28.1 Å². The smallest absolute Gasteiger partial charge is 0.122 e. The maximum absolute atomic E-state index is 13.7. The molecule has 1 aliphatic heterocycles. The van der Waals surface area contributed by atoms with E-state index >= 15 is 0 Å². The molecular formula is C11H13BrFN. The minimum absolute atomic E-state index is 0.0419. The van der Waals surface area contributed by atoms with Crippen molar-refractivity contribution in [3.63, 3.8) is 0 Å². The second-order valence-corrected chi connectivity index (χ2v) is 4.51. The van der Waals surface area contributed by atoms with E-state index in [2.05, 4.69) is 15.9 Å². The molecule has 0 aromatic heterocycles. The highest BCUT2D eigenvalue weighted by molar-refractivity contribution is 9.10. The van der Waals surface area contributed by atoms with Gasteiger partial charge in [-0.2, -0.15) is 0 Å². The van der Waals surface area contributed by atoms with Crippen LogP contribution >= 0.6 is 15.9 Å². The summed E-state index contributed by atoms with van der Waals surface area (Å²) < 4.78 is 22.1. The number of piperidine rings is 1. The summed E-state index contributed by atoms with van der Waals surface area (Å²) in [5.41, 5.74) is 1.04. The van der Waals surface area contributed by atoms with Gasteiger partial charge in [0.2, 0.25) is 0 Å². The number of benzene rings is 1. The summed E-state index contributed by atoms with van der Waals surface area (Å²) >= 11 is 3.36. The molecule has 1 nitrogen and oxygen atoms in total. The molecule has 1 N–H and O–H groups in total. The zero-order valence-corrected chi connectivity index (χ0v) is 9.37. The van der Waals surface area contributed by atoms with Gasteiger partial charge in [0.1, 0.15) is 7.58 Å². The maximum Gasteiger partial charge on any atom is 0.122 e. The molecule has 1 heterocycles. The van der Waals surface area contributed by atoms with E-state index in [1.165, 1.54) is 5.31 Å². The van der Waals surface area contributed by atoms with Gasteiger partial charge >= 0.3 is 0 Å². The Morgan fingerprint density at radius 1 is 1.43 bits per heavy atom. The predicted octanol–water partition coefficient (Wildman–Crippen LogP) is 2.86. The van der Waals surface area contributed by atoms with E-state index in [-0.39, 0.29) is 12.5 Å². The van der Waals surface area contributed by atoms with Gasteiger partial charge in [-0.25, -0.2) is 4.39 Å². The molecule has 0 amide bonds. The largest absolute Gasteiger partial charge is 0.314 e. The zero-order valence-electron chi connectivity index (χ0n) is 8.79. The topological polar surface area (TPSA) is 12.0 Å². The van der Waals surface area contributed by atoms with Crippen molar-refractivity contribution in [1.82, 2.24) is 5.31 Å². The second kappa shape index (κ2) is 4.41. The van der Waals surface area contributed by atoms with Crippen LogP contribution in [0.15, 0.2) is 28.7 Å². The van der Waals surface area contributed by atoms with E-state index in [0.29, 0.717) is 6.54 Å². The van der Waals surface area contributed by atoms with Crippen molar-refractivity contribution >= 4 is 15.9 Å². The molecule has 1 aromatic carbocycles. The molecule has 1 aliphatic rings. The highest BCUT2D eigenvalue weighted by Crippen LogP contribution is 2.28. The van der Waals surface area contributed by atoms with Gasteiger partial charge in [0.05, 0.1) is 0 Å². The van der Waals surface area contributed by atoms with Crippen molar-refractivity contribution in [2.45, 2.75) is 18.5 Å². The molecule has 0 spiro atoms. The molecule has 0 saturated carbocycles. The van der Waals surface area contributed by atoms with Crippen LogP contribution in [0.5, 0.6) is 0 Å². The first kappa shape index (κ1) is 8.86. The van der Waals surface area contributed by atoms with Crippen LogP contribution in [0.4, 0.5) is 4.39 Å². The van der Waals surface area contributed by atoms with Crippen LogP contribution < -0.4 is 5.31 Å². The molecule has 76 valence electrons. The molecule has 1 saturated heterocycles. The van der Waals surface area contributed by atoms with Crippen molar-refractivity contribution in [2.24, 2.45) is 0 Å². The van der Waals surface area contributed by atoms with E-state index in [1.807, 2.05) is 24.3 Å².